The van der Waals surface area contributed by atoms with Gasteiger partial charge in [-0.15, -0.1) is 5.10 Å². The molecule has 2 rings (SSSR count). The van der Waals surface area contributed by atoms with Crippen LogP contribution in [0.25, 0.3) is 5.69 Å². The molecule has 0 aliphatic carbocycles. The maximum Gasteiger partial charge on any atom is 0.356 e. The third-order valence-electron chi connectivity index (χ3n) is 2.43. The van der Waals surface area contributed by atoms with Crippen LogP contribution < -0.4 is 0 Å². The molecule has 0 spiro atoms. The van der Waals surface area contributed by atoms with Crippen molar-refractivity contribution in [2.45, 2.75) is 13.3 Å². The lowest BCUT2D eigenvalue weighted by molar-refractivity contribution is 0.0686. The first-order valence-electron chi connectivity index (χ1n) is 5.05. The van der Waals surface area contributed by atoms with Crippen LogP contribution >= 0.6 is 0 Å². The van der Waals surface area contributed by atoms with Gasteiger partial charge in [-0.1, -0.05) is 17.3 Å². The van der Waals surface area contributed by atoms with Gasteiger partial charge in [-0.05, 0) is 19.1 Å². The van der Waals surface area contributed by atoms with E-state index in [1.54, 1.807) is 0 Å². The number of aryl methyl sites for hydroxylation is 1. The summed E-state index contributed by atoms with van der Waals surface area (Å²) in [4.78, 5) is 11.0. The molecule has 2 aromatic rings. The first-order chi connectivity index (χ1) is 8.50. The van der Waals surface area contributed by atoms with Crippen molar-refractivity contribution in [1.29, 1.82) is 0 Å². The summed E-state index contributed by atoms with van der Waals surface area (Å²) in [6.07, 6.45) is -2.56. The van der Waals surface area contributed by atoms with Crippen molar-refractivity contribution in [2.24, 2.45) is 0 Å². The van der Waals surface area contributed by atoms with E-state index in [0.29, 0.717) is 5.69 Å². The second-order valence-electron chi connectivity index (χ2n) is 3.63. The zero-order valence-electron chi connectivity index (χ0n) is 9.34. The molecule has 0 saturated heterocycles. The molecule has 0 radical (unpaired) electrons. The third kappa shape index (κ3) is 2.06. The lowest BCUT2D eigenvalue weighted by Crippen LogP contribution is -2.09. The number of hydrogen-bond donors (Lipinski definition) is 1. The van der Waals surface area contributed by atoms with E-state index in [2.05, 4.69) is 10.3 Å². The molecule has 0 bridgehead atoms. The van der Waals surface area contributed by atoms with Gasteiger partial charge < -0.3 is 5.11 Å². The monoisotopic (exact) mass is 253 g/mol. The minimum atomic E-state index is -2.56. The Kier molecular flexibility index (Phi) is 3.05. The summed E-state index contributed by atoms with van der Waals surface area (Å²) < 4.78 is 25.9. The summed E-state index contributed by atoms with van der Waals surface area (Å²) in [5.74, 6) is -1.17. The van der Waals surface area contributed by atoms with Crippen molar-refractivity contribution in [3.05, 3.63) is 41.2 Å². The van der Waals surface area contributed by atoms with E-state index in [-0.39, 0.29) is 17.0 Å². The molecule has 0 unspecified atom stereocenters. The summed E-state index contributed by atoms with van der Waals surface area (Å²) in [6, 6.07) is 5.20. The van der Waals surface area contributed by atoms with Crippen molar-refractivity contribution in [1.82, 2.24) is 15.0 Å². The van der Waals surface area contributed by atoms with Crippen molar-refractivity contribution in [3.8, 4) is 5.69 Å². The Morgan fingerprint density at radius 3 is 2.44 bits per heavy atom. The molecule has 18 heavy (non-hydrogen) atoms. The van der Waals surface area contributed by atoms with Crippen molar-refractivity contribution >= 4 is 5.97 Å². The van der Waals surface area contributed by atoms with Crippen LogP contribution in [0.15, 0.2) is 24.3 Å². The minimum Gasteiger partial charge on any atom is -0.476 e. The fourth-order valence-corrected chi connectivity index (χ4v) is 1.54. The van der Waals surface area contributed by atoms with Crippen LogP contribution in [0.1, 0.15) is 28.2 Å². The average Bonchev–Trinajstić information content (AvgIpc) is 2.71. The highest BCUT2D eigenvalue weighted by Crippen LogP contribution is 2.20. The third-order valence-corrected chi connectivity index (χ3v) is 2.43. The Balaban J connectivity index is 2.46. The average molecular weight is 253 g/mol. The first kappa shape index (κ1) is 12.2. The first-order valence-corrected chi connectivity index (χ1v) is 5.05. The largest absolute Gasteiger partial charge is 0.476 e. The molecule has 0 atom stereocenters. The maximum atomic E-state index is 12.4. The van der Waals surface area contributed by atoms with Gasteiger partial charge in [0.1, 0.15) is 0 Å². The van der Waals surface area contributed by atoms with Gasteiger partial charge in [0.15, 0.2) is 5.69 Å². The maximum absolute atomic E-state index is 12.4. The highest BCUT2D eigenvalue weighted by molar-refractivity contribution is 5.87. The smallest absolute Gasteiger partial charge is 0.356 e. The van der Waals surface area contributed by atoms with Crippen LogP contribution in [0.2, 0.25) is 0 Å². The van der Waals surface area contributed by atoms with E-state index in [1.165, 1.54) is 31.2 Å². The molecule has 1 heterocycles. The summed E-state index contributed by atoms with van der Waals surface area (Å²) >= 11 is 0. The molecule has 5 nitrogen and oxygen atoms in total. The van der Waals surface area contributed by atoms with Crippen molar-refractivity contribution in [3.63, 3.8) is 0 Å². The van der Waals surface area contributed by atoms with Crippen LogP contribution in [-0.2, 0) is 0 Å². The van der Waals surface area contributed by atoms with Gasteiger partial charge in [-0.2, -0.15) is 0 Å². The zero-order valence-corrected chi connectivity index (χ0v) is 9.34. The Morgan fingerprint density at radius 2 is 1.94 bits per heavy atom. The van der Waals surface area contributed by atoms with E-state index < -0.39 is 12.4 Å². The Labute approximate surface area is 101 Å². The van der Waals surface area contributed by atoms with Gasteiger partial charge in [0.25, 0.3) is 6.43 Å². The number of carboxylic acid groups (broad SMARTS) is 1. The number of carboxylic acids is 1. The van der Waals surface area contributed by atoms with E-state index >= 15 is 0 Å². The van der Waals surface area contributed by atoms with Gasteiger partial charge in [-0.3, -0.25) is 0 Å². The molecule has 7 heteroatoms. The number of alkyl halides is 2. The minimum absolute atomic E-state index is 0.0835. The molecule has 0 aliphatic heterocycles. The Bertz CT molecular complexity index is 578. The molecule has 0 saturated carbocycles. The number of aromatic carboxylic acids is 1. The molecular formula is C11H9F2N3O2. The van der Waals surface area contributed by atoms with Crippen LogP contribution in [0.3, 0.4) is 0 Å². The highest BCUT2D eigenvalue weighted by atomic mass is 19.3. The van der Waals surface area contributed by atoms with Gasteiger partial charge in [0.05, 0.1) is 11.4 Å². The zero-order chi connectivity index (χ0) is 13.3. The Hall–Kier alpha value is -2.31. The molecule has 94 valence electrons. The van der Waals surface area contributed by atoms with Gasteiger partial charge in [0.2, 0.25) is 0 Å². The van der Waals surface area contributed by atoms with Crippen LogP contribution in [-0.4, -0.2) is 26.1 Å². The number of aromatic nitrogens is 3. The van der Waals surface area contributed by atoms with Gasteiger partial charge >= 0.3 is 5.97 Å². The van der Waals surface area contributed by atoms with Crippen LogP contribution in [0.4, 0.5) is 8.78 Å². The van der Waals surface area contributed by atoms with Crippen molar-refractivity contribution in [2.75, 3.05) is 0 Å². The number of nitrogens with zero attached hydrogens (tertiary/aromatic N) is 3. The van der Waals surface area contributed by atoms with Gasteiger partial charge in [0, 0.05) is 5.56 Å². The van der Waals surface area contributed by atoms with E-state index in [1.807, 2.05) is 0 Å². The summed E-state index contributed by atoms with van der Waals surface area (Å²) in [5.41, 5.74) is 0.421. The summed E-state index contributed by atoms with van der Waals surface area (Å²) in [6.45, 7) is 1.51. The standard InChI is InChI=1S/C11H9F2N3O2/c1-6-9(11(17)18)16(15-14-6)8-4-2-7(3-5-8)10(12)13/h2-5,10H,1H3,(H,17,18). The number of benzene rings is 1. The Morgan fingerprint density at radius 1 is 1.33 bits per heavy atom. The molecule has 0 amide bonds. The number of hydrogen-bond acceptors (Lipinski definition) is 3. The molecule has 0 fully saturated rings. The highest BCUT2D eigenvalue weighted by Gasteiger charge is 2.18. The number of rotatable bonds is 3. The normalized spacial score (nSPS) is 10.9. The second-order valence-corrected chi connectivity index (χ2v) is 3.63. The van der Waals surface area contributed by atoms with E-state index in [9.17, 15) is 13.6 Å². The van der Waals surface area contributed by atoms with E-state index in [4.69, 9.17) is 5.11 Å². The predicted octanol–water partition coefficient (Wildman–Crippen LogP) is 2.21. The second kappa shape index (κ2) is 4.52. The number of carbonyl (C=O) groups is 1. The van der Waals surface area contributed by atoms with E-state index in [0.717, 1.165) is 4.68 Å². The number of halogens is 2. The topological polar surface area (TPSA) is 68.0 Å². The van der Waals surface area contributed by atoms with Crippen LogP contribution in [0, 0.1) is 6.92 Å². The van der Waals surface area contributed by atoms with Crippen LogP contribution in [0.5, 0.6) is 0 Å². The molecular weight excluding hydrogens is 244 g/mol. The molecule has 1 aromatic carbocycles. The summed E-state index contributed by atoms with van der Waals surface area (Å²) in [5, 5.41) is 16.4. The molecule has 1 aromatic heterocycles. The SMILES string of the molecule is Cc1nnn(-c2ccc(C(F)F)cc2)c1C(=O)O. The fourth-order valence-electron chi connectivity index (χ4n) is 1.54. The van der Waals surface area contributed by atoms with Crippen molar-refractivity contribution < 1.29 is 18.7 Å². The fraction of sp³-hybridized carbons (Fsp3) is 0.182. The molecule has 1 N–H and O–H groups in total. The predicted molar refractivity (Wildman–Crippen MR) is 58.0 cm³/mol. The lowest BCUT2D eigenvalue weighted by atomic mass is 10.2. The lowest BCUT2D eigenvalue weighted by Gasteiger charge is -2.05. The molecule has 0 aliphatic rings. The van der Waals surface area contributed by atoms with Gasteiger partial charge in [-0.25, -0.2) is 18.3 Å². The quantitative estimate of drug-likeness (QED) is 0.910. The summed E-state index contributed by atoms with van der Waals surface area (Å²) in [7, 11) is 0.